The molecule has 0 saturated heterocycles. The predicted molar refractivity (Wildman–Crippen MR) is 118 cm³/mol. The standard InChI is InChI=1S/C19H15BrN6O2S/c20-17(21)14-12(23-7-10-3-2-6-28-10)4-1-5-13(14)26-19(27)11-8-29-16-15(11)24-9-25-18(16)22/h1-6,8-9,21,23H,7H2,(H,26,27)(H2,22,24,25). The van der Waals surface area contributed by atoms with Crippen LogP contribution in [0.2, 0.25) is 0 Å². The summed E-state index contributed by atoms with van der Waals surface area (Å²) in [5.74, 6) is 0.757. The molecule has 0 fully saturated rings. The predicted octanol–water partition coefficient (Wildman–Crippen LogP) is 4.45. The van der Waals surface area contributed by atoms with E-state index in [9.17, 15) is 4.79 Å². The first-order valence-electron chi connectivity index (χ1n) is 8.47. The van der Waals surface area contributed by atoms with Crippen molar-refractivity contribution in [2.24, 2.45) is 0 Å². The fourth-order valence-electron chi connectivity index (χ4n) is 2.86. The highest BCUT2D eigenvalue weighted by atomic mass is 79.9. The Morgan fingerprint density at radius 1 is 1.24 bits per heavy atom. The molecule has 0 radical (unpaired) electrons. The molecule has 0 aliphatic heterocycles. The third-order valence-corrected chi connectivity index (χ3v) is 5.58. The number of anilines is 3. The molecule has 1 aromatic carbocycles. The van der Waals surface area contributed by atoms with Gasteiger partial charge in [0.05, 0.1) is 39.8 Å². The van der Waals surface area contributed by atoms with Crippen molar-refractivity contribution in [2.45, 2.75) is 6.54 Å². The normalized spacial score (nSPS) is 10.8. The molecular formula is C19H15BrN6O2S. The first-order valence-corrected chi connectivity index (χ1v) is 10.1. The lowest BCUT2D eigenvalue weighted by Crippen LogP contribution is -2.15. The van der Waals surface area contributed by atoms with Gasteiger partial charge in [0.15, 0.2) is 0 Å². The lowest BCUT2D eigenvalue weighted by atomic mass is 10.1. The Hall–Kier alpha value is -3.24. The molecule has 8 nitrogen and oxygen atoms in total. The minimum absolute atomic E-state index is 0.136. The largest absolute Gasteiger partial charge is 0.467 e. The van der Waals surface area contributed by atoms with Gasteiger partial charge in [-0.15, -0.1) is 11.3 Å². The van der Waals surface area contributed by atoms with Gasteiger partial charge in [0, 0.05) is 11.1 Å². The van der Waals surface area contributed by atoms with E-state index in [4.69, 9.17) is 15.6 Å². The molecule has 10 heteroatoms. The highest BCUT2D eigenvalue weighted by Crippen LogP contribution is 2.31. The van der Waals surface area contributed by atoms with Crippen LogP contribution in [0.3, 0.4) is 0 Å². The van der Waals surface area contributed by atoms with Gasteiger partial charge >= 0.3 is 0 Å². The summed E-state index contributed by atoms with van der Waals surface area (Å²) < 4.78 is 6.13. The zero-order chi connectivity index (χ0) is 20.4. The Kier molecular flexibility index (Phi) is 5.28. The van der Waals surface area contributed by atoms with Crippen LogP contribution in [0.4, 0.5) is 17.2 Å². The molecule has 4 rings (SSSR count). The van der Waals surface area contributed by atoms with E-state index in [2.05, 4.69) is 36.5 Å². The number of thiophene rings is 1. The minimum atomic E-state index is -0.340. The monoisotopic (exact) mass is 470 g/mol. The Morgan fingerprint density at radius 2 is 2.07 bits per heavy atom. The molecule has 29 heavy (non-hydrogen) atoms. The molecule has 4 aromatic rings. The van der Waals surface area contributed by atoms with Crippen LogP contribution in [0.5, 0.6) is 0 Å². The van der Waals surface area contributed by atoms with Gasteiger partial charge in [0.25, 0.3) is 5.91 Å². The maximum atomic E-state index is 12.9. The number of nitrogens with zero attached hydrogens (tertiary/aromatic N) is 2. The number of amides is 1. The van der Waals surface area contributed by atoms with Crippen LogP contribution in [0.1, 0.15) is 21.7 Å². The van der Waals surface area contributed by atoms with E-state index >= 15 is 0 Å². The lowest BCUT2D eigenvalue weighted by molar-refractivity contribution is 0.102. The van der Waals surface area contributed by atoms with E-state index in [1.54, 1.807) is 23.8 Å². The third-order valence-electron chi connectivity index (χ3n) is 4.19. The molecule has 146 valence electrons. The third kappa shape index (κ3) is 3.84. The summed E-state index contributed by atoms with van der Waals surface area (Å²) in [5.41, 5.74) is 8.46. The van der Waals surface area contributed by atoms with Crippen LogP contribution < -0.4 is 16.4 Å². The first-order chi connectivity index (χ1) is 14.0. The Balaban J connectivity index is 1.63. The van der Waals surface area contributed by atoms with Crippen LogP contribution in [-0.2, 0) is 6.54 Å². The second kappa shape index (κ2) is 8.02. The SMILES string of the molecule is N=C(Br)c1c(NCc2ccco2)cccc1NC(=O)c1csc2c(N)ncnc12. The molecule has 0 unspecified atom stereocenters. The smallest absolute Gasteiger partial charge is 0.258 e. The number of nitrogens with one attached hydrogen (secondary N) is 3. The number of benzene rings is 1. The summed E-state index contributed by atoms with van der Waals surface area (Å²) in [6, 6.07) is 9.03. The van der Waals surface area contributed by atoms with Crippen molar-refractivity contribution in [3.05, 3.63) is 65.2 Å². The molecular weight excluding hydrogens is 456 g/mol. The van der Waals surface area contributed by atoms with E-state index in [-0.39, 0.29) is 10.5 Å². The van der Waals surface area contributed by atoms with E-state index in [1.807, 2.05) is 18.2 Å². The van der Waals surface area contributed by atoms with Crippen molar-refractivity contribution in [3.63, 3.8) is 0 Å². The number of nitrogen functional groups attached to an aromatic ring is 1. The van der Waals surface area contributed by atoms with Gasteiger partial charge < -0.3 is 20.8 Å². The van der Waals surface area contributed by atoms with E-state index in [1.165, 1.54) is 17.7 Å². The van der Waals surface area contributed by atoms with E-state index in [0.717, 1.165) is 5.76 Å². The van der Waals surface area contributed by atoms with Crippen LogP contribution in [-0.4, -0.2) is 20.5 Å². The quantitative estimate of drug-likeness (QED) is 0.308. The lowest BCUT2D eigenvalue weighted by Gasteiger charge is -2.15. The van der Waals surface area contributed by atoms with Gasteiger partial charge in [-0.25, -0.2) is 9.97 Å². The van der Waals surface area contributed by atoms with Gasteiger partial charge in [0.1, 0.15) is 22.5 Å². The molecule has 0 spiro atoms. The molecule has 5 N–H and O–H groups in total. The summed E-state index contributed by atoms with van der Waals surface area (Å²) >= 11 is 4.54. The summed E-state index contributed by atoms with van der Waals surface area (Å²) in [6.07, 6.45) is 2.93. The highest BCUT2D eigenvalue weighted by molar-refractivity contribution is 9.18. The number of carbonyl (C=O) groups excluding carboxylic acids is 1. The second-order valence-corrected chi connectivity index (χ2v) is 7.69. The van der Waals surface area contributed by atoms with Crippen LogP contribution in [0, 0.1) is 5.41 Å². The van der Waals surface area contributed by atoms with Crippen molar-refractivity contribution in [1.82, 2.24) is 9.97 Å². The van der Waals surface area contributed by atoms with Crippen molar-refractivity contribution in [1.29, 1.82) is 5.41 Å². The average molecular weight is 471 g/mol. The number of hydrogen-bond donors (Lipinski definition) is 4. The second-order valence-electron chi connectivity index (χ2n) is 6.02. The molecule has 3 aromatic heterocycles. The number of carbonyl (C=O) groups is 1. The minimum Gasteiger partial charge on any atom is -0.467 e. The summed E-state index contributed by atoms with van der Waals surface area (Å²) in [6.45, 7) is 0.447. The molecule has 0 aliphatic rings. The Morgan fingerprint density at radius 3 is 2.83 bits per heavy atom. The maximum absolute atomic E-state index is 12.9. The molecule has 0 aliphatic carbocycles. The zero-order valence-corrected chi connectivity index (χ0v) is 17.3. The van der Waals surface area contributed by atoms with Gasteiger partial charge in [-0.2, -0.15) is 0 Å². The molecule has 1 amide bonds. The Labute approximate surface area is 177 Å². The van der Waals surface area contributed by atoms with Gasteiger partial charge in [-0.05, 0) is 40.2 Å². The van der Waals surface area contributed by atoms with Crippen molar-refractivity contribution >= 4 is 65.2 Å². The molecule has 0 bridgehead atoms. The van der Waals surface area contributed by atoms with Crippen molar-refractivity contribution in [3.8, 4) is 0 Å². The first kappa shape index (κ1) is 19.1. The molecule has 0 saturated carbocycles. The van der Waals surface area contributed by atoms with Crippen molar-refractivity contribution in [2.75, 3.05) is 16.4 Å². The average Bonchev–Trinajstić information content (AvgIpc) is 3.36. The van der Waals surface area contributed by atoms with Gasteiger partial charge in [0.2, 0.25) is 0 Å². The summed E-state index contributed by atoms with van der Waals surface area (Å²) in [5, 5.41) is 15.9. The van der Waals surface area contributed by atoms with Crippen LogP contribution in [0.15, 0.2) is 52.7 Å². The number of nitrogens with two attached hydrogens (primary N) is 1. The molecule has 0 atom stereocenters. The highest BCUT2D eigenvalue weighted by Gasteiger charge is 2.19. The number of halogens is 1. The number of hydrogen-bond acceptors (Lipinski definition) is 8. The van der Waals surface area contributed by atoms with Crippen molar-refractivity contribution < 1.29 is 9.21 Å². The zero-order valence-electron chi connectivity index (χ0n) is 14.9. The number of furan rings is 1. The van der Waals surface area contributed by atoms with Gasteiger partial charge in [-0.3, -0.25) is 10.2 Å². The fraction of sp³-hybridized carbons (Fsp3) is 0.0526. The van der Waals surface area contributed by atoms with E-state index in [0.29, 0.717) is 45.1 Å². The topological polar surface area (TPSA) is 130 Å². The number of rotatable bonds is 6. The molecule has 3 heterocycles. The summed E-state index contributed by atoms with van der Waals surface area (Å²) in [7, 11) is 0. The maximum Gasteiger partial charge on any atom is 0.258 e. The fourth-order valence-corrected chi connectivity index (χ4v) is 4.18. The summed E-state index contributed by atoms with van der Waals surface area (Å²) in [4.78, 5) is 21.0. The Bertz CT molecular complexity index is 1200. The number of fused-ring (bicyclic) bond motifs is 1. The number of aromatic nitrogens is 2. The van der Waals surface area contributed by atoms with E-state index < -0.39 is 0 Å². The van der Waals surface area contributed by atoms with Crippen LogP contribution in [0.25, 0.3) is 10.2 Å². The van der Waals surface area contributed by atoms with Crippen LogP contribution >= 0.6 is 27.3 Å². The van der Waals surface area contributed by atoms with Gasteiger partial charge in [-0.1, -0.05) is 6.07 Å².